The van der Waals surface area contributed by atoms with Crippen LogP contribution in [0.1, 0.15) is 16.7 Å². The van der Waals surface area contributed by atoms with Crippen LogP contribution >= 0.6 is 0 Å². The number of aliphatic hydroxyl groups excluding tert-OH is 1. The average molecular weight is 535 g/mol. The summed E-state index contributed by atoms with van der Waals surface area (Å²) in [5.74, 6) is 1.45. The quantitative estimate of drug-likeness (QED) is 0.183. The normalized spacial score (nSPS) is 12.0. The minimum Gasteiger partial charge on any atom is -0.493 e. The van der Waals surface area contributed by atoms with Crippen molar-refractivity contribution in [3.8, 4) is 33.9 Å². The number of aliphatic hydroxyl groups is 1. The molecule has 0 amide bonds. The third-order valence-electron chi connectivity index (χ3n) is 7.41. The van der Waals surface area contributed by atoms with E-state index < -0.39 is 6.10 Å². The highest BCUT2D eigenvalue weighted by Gasteiger charge is 2.23. The number of hydrogen-bond donors (Lipinski definition) is 2. The second-order valence-corrected chi connectivity index (χ2v) is 10.3. The van der Waals surface area contributed by atoms with E-state index in [1.807, 2.05) is 24.3 Å². The molecule has 1 atom stereocenters. The first kappa shape index (κ1) is 27.5. The number of nitrogens with zero attached hydrogens (tertiary/aromatic N) is 1. The monoisotopic (exact) mass is 534 g/mol. The molecule has 0 radical (unpaired) electrons. The summed E-state index contributed by atoms with van der Waals surface area (Å²) in [6.45, 7) is 6.05. The molecule has 0 aliphatic carbocycles. The summed E-state index contributed by atoms with van der Waals surface area (Å²) in [4.78, 5) is 0. The molecular weight excluding hydrogens is 496 g/mol. The Morgan fingerprint density at radius 1 is 0.800 bits per heavy atom. The molecule has 206 valence electrons. The van der Waals surface area contributed by atoms with Gasteiger partial charge in [-0.1, -0.05) is 78.4 Å². The van der Waals surface area contributed by atoms with Gasteiger partial charge in [0.25, 0.3) is 0 Å². The van der Waals surface area contributed by atoms with Crippen LogP contribution in [0.4, 0.5) is 0 Å². The molecule has 0 saturated heterocycles. The summed E-state index contributed by atoms with van der Waals surface area (Å²) >= 11 is 0. The van der Waals surface area contributed by atoms with Crippen LogP contribution in [0, 0.1) is 13.8 Å². The van der Waals surface area contributed by atoms with Gasteiger partial charge in [-0.2, -0.15) is 0 Å². The van der Waals surface area contributed by atoms with E-state index in [0.717, 1.165) is 41.3 Å². The average Bonchev–Trinajstić information content (AvgIpc) is 3.29. The number of ether oxygens (including phenoxy) is 2. The number of aromatic nitrogens is 1. The maximum Gasteiger partial charge on any atom is 0.160 e. The molecule has 1 heterocycles. The number of aryl methyl sites for hydroxylation is 2. The van der Waals surface area contributed by atoms with Crippen molar-refractivity contribution in [3.63, 3.8) is 0 Å². The van der Waals surface area contributed by atoms with Gasteiger partial charge in [0.15, 0.2) is 11.5 Å². The Morgan fingerprint density at radius 2 is 1.48 bits per heavy atom. The Bertz CT molecular complexity index is 1580. The van der Waals surface area contributed by atoms with Gasteiger partial charge in [-0.25, -0.2) is 0 Å². The molecule has 5 heteroatoms. The standard InChI is InChI=1S/C35H38N2O3/c1-24-19-25(2)34-30(20-24)33(27-11-7-5-8-12-27)35(28-13-9-6-10-14-28)37(34)23-29(38)22-36-18-17-26-15-16-31(39-3)32(21-26)40-4/h5-16,19-21,29,36,38H,17-18,22-23H2,1-4H3. The minimum atomic E-state index is -0.562. The maximum absolute atomic E-state index is 11.3. The maximum atomic E-state index is 11.3. The molecule has 0 saturated carbocycles. The van der Waals surface area contributed by atoms with Gasteiger partial charge in [0.05, 0.1) is 38.1 Å². The Morgan fingerprint density at radius 3 is 2.15 bits per heavy atom. The molecular formula is C35H38N2O3. The molecule has 2 N–H and O–H groups in total. The summed E-state index contributed by atoms with van der Waals surface area (Å²) in [5, 5.41) is 16.0. The predicted octanol–water partition coefficient (Wildman–Crippen LogP) is 6.80. The first-order chi connectivity index (χ1) is 19.5. The summed E-state index contributed by atoms with van der Waals surface area (Å²) in [5.41, 5.74) is 9.44. The molecule has 4 aromatic carbocycles. The molecule has 0 bridgehead atoms. The fourth-order valence-corrected chi connectivity index (χ4v) is 5.67. The lowest BCUT2D eigenvalue weighted by Crippen LogP contribution is -2.31. The zero-order valence-corrected chi connectivity index (χ0v) is 23.8. The van der Waals surface area contributed by atoms with Crippen molar-refractivity contribution in [2.45, 2.75) is 32.9 Å². The Hall–Kier alpha value is -4.06. The number of benzene rings is 4. The van der Waals surface area contributed by atoms with Gasteiger partial charge in [-0.3, -0.25) is 0 Å². The topological polar surface area (TPSA) is 55.6 Å². The number of methoxy groups -OCH3 is 2. The third kappa shape index (κ3) is 5.76. The molecule has 5 aromatic rings. The van der Waals surface area contributed by atoms with Crippen LogP contribution in [0.2, 0.25) is 0 Å². The number of fused-ring (bicyclic) bond motifs is 1. The Kier molecular flexibility index (Phi) is 8.54. The second-order valence-electron chi connectivity index (χ2n) is 10.3. The highest BCUT2D eigenvalue weighted by atomic mass is 16.5. The van der Waals surface area contributed by atoms with Gasteiger partial charge in [-0.15, -0.1) is 0 Å². The van der Waals surface area contributed by atoms with Crippen molar-refractivity contribution in [2.24, 2.45) is 0 Å². The van der Waals surface area contributed by atoms with E-state index >= 15 is 0 Å². The van der Waals surface area contributed by atoms with Gasteiger partial charge in [0.2, 0.25) is 0 Å². The van der Waals surface area contributed by atoms with E-state index in [4.69, 9.17) is 9.47 Å². The summed E-state index contributed by atoms with van der Waals surface area (Å²) < 4.78 is 13.1. The van der Waals surface area contributed by atoms with Gasteiger partial charge >= 0.3 is 0 Å². The van der Waals surface area contributed by atoms with Crippen molar-refractivity contribution in [3.05, 3.63) is 108 Å². The van der Waals surface area contributed by atoms with Gasteiger partial charge in [-0.05, 0) is 67.3 Å². The van der Waals surface area contributed by atoms with Crippen molar-refractivity contribution >= 4 is 10.9 Å². The lowest BCUT2D eigenvalue weighted by molar-refractivity contribution is 0.154. The van der Waals surface area contributed by atoms with Crippen LogP contribution < -0.4 is 14.8 Å². The molecule has 40 heavy (non-hydrogen) atoms. The zero-order valence-electron chi connectivity index (χ0n) is 23.8. The number of hydrogen-bond acceptors (Lipinski definition) is 4. The molecule has 1 unspecified atom stereocenters. The zero-order chi connectivity index (χ0) is 28.1. The smallest absolute Gasteiger partial charge is 0.160 e. The molecule has 0 aliphatic rings. The highest BCUT2D eigenvalue weighted by molar-refractivity contribution is 6.06. The van der Waals surface area contributed by atoms with Crippen LogP contribution in [0.25, 0.3) is 33.3 Å². The molecule has 0 fully saturated rings. The number of nitrogens with one attached hydrogen (secondary N) is 1. The van der Waals surface area contributed by atoms with E-state index in [2.05, 4.69) is 90.5 Å². The Balaban J connectivity index is 1.43. The summed E-state index contributed by atoms with van der Waals surface area (Å²) in [7, 11) is 3.29. The van der Waals surface area contributed by atoms with Gasteiger partial charge in [0, 0.05) is 17.5 Å². The molecule has 5 rings (SSSR count). The van der Waals surface area contributed by atoms with E-state index in [-0.39, 0.29) is 0 Å². The largest absolute Gasteiger partial charge is 0.493 e. The predicted molar refractivity (Wildman–Crippen MR) is 164 cm³/mol. The van der Waals surface area contributed by atoms with Crippen LogP contribution in [-0.2, 0) is 13.0 Å². The first-order valence-electron chi connectivity index (χ1n) is 13.8. The second kappa shape index (κ2) is 12.4. The SMILES string of the molecule is COc1ccc(CCNCC(O)Cn2c(-c3ccccc3)c(-c3ccccc3)c3cc(C)cc(C)c32)cc1OC. The highest BCUT2D eigenvalue weighted by Crippen LogP contribution is 2.42. The van der Waals surface area contributed by atoms with Crippen LogP contribution in [0.5, 0.6) is 11.5 Å². The fourth-order valence-electron chi connectivity index (χ4n) is 5.67. The molecule has 1 aromatic heterocycles. The van der Waals surface area contributed by atoms with E-state index in [1.54, 1.807) is 14.2 Å². The minimum absolute atomic E-state index is 0.487. The van der Waals surface area contributed by atoms with Crippen LogP contribution in [-0.4, -0.2) is 43.1 Å². The lowest BCUT2D eigenvalue weighted by atomic mass is 9.97. The van der Waals surface area contributed by atoms with Gasteiger partial charge in [0.1, 0.15) is 0 Å². The van der Waals surface area contributed by atoms with Crippen molar-refractivity contribution in [2.75, 3.05) is 27.3 Å². The van der Waals surface area contributed by atoms with E-state index in [0.29, 0.717) is 13.1 Å². The van der Waals surface area contributed by atoms with Crippen LogP contribution in [0.15, 0.2) is 91.0 Å². The molecule has 0 aliphatic heterocycles. The fraction of sp³-hybridized carbons (Fsp3) is 0.257. The molecule has 5 nitrogen and oxygen atoms in total. The molecule has 0 spiro atoms. The van der Waals surface area contributed by atoms with Gasteiger partial charge < -0.3 is 24.5 Å². The van der Waals surface area contributed by atoms with E-state index in [9.17, 15) is 5.11 Å². The first-order valence-corrected chi connectivity index (χ1v) is 13.8. The Labute approximate surface area is 237 Å². The van der Waals surface area contributed by atoms with Crippen molar-refractivity contribution in [1.29, 1.82) is 0 Å². The van der Waals surface area contributed by atoms with Crippen molar-refractivity contribution < 1.29 is 14.6 Å². The lowest BCUT2D eigenvalue weighted by Gasteiger charge is -2.18. The van der Waals surface area contributed by atoms with E-state index in [1.165, 1.54) is 33.2 Å². The summed E-state index contributed by atoms with van der Waals surface area (Å²) in [6, 6.07) is 31.6. The third-order valence-corrected chi connectivity index (χ3v) is 7.41. The number of rotatable bonds is 11. The van der Waals surface area contributed by atoms with Crippen molar-refractivity contribution in [1.82, 2.24) is 9.88 Å². The summed E-state index contributed by atoms with van der Waals surface area (Å²) in [6.07, 6.45) is 0.263. The van der Waals surface area contributed by atoms with Crippen LogP contribution in [0.3, 0.4) is 0 Å².